The molecule has 0 bridgehead atoms. The molecule has 28 heavy (non-hydrogen) atoms. The number of carbonyl (C=O) groups excluding carboxylic acids is 1. The van der Waals surface area contributed by atoms with Crippen molar-refractivity contribution in [1.82, 2.24) is 15.0 Å². The molecule has 1 aliphatic heterocycles. The summed E-state index contributed by atoms with van der Waals surface area (Å²) in [6.45, 7) is 1.11. The van der Waals surface area contributed by atoms with Gasteiger partial charge in [-0.05, 0) is 42.0 Å². The highest BCUT2D eigenvalue weighted by Gasteiger charge is 2.33. The number of nitrogens with zero attached hydrogens (tertiary/aromatic N) is 4. The Kier molecular flexibility index (Phi) is 5.05. The highest BCUT2D eigenvalue weighted by molar-refractivity contribution is 6.30. The summed E-state index contributed by atoms with van der Waals surface area (Å²) in [7, 11) is 3.98. The summed E-state index contributed by atoms with van der Waals surface area (Å²) in [5, 5.41) is 4.80. The average Bonchev–Trinajstić information content (AvgIpc) is 3.29. The molecular weight excluding hydrogens is 376 g/mol. The Morgan fingerprint density at radius 2 is 2.00 bits per heavy atom. The van der Waals surface area contributed by atoms with Crippen LogP contribution in [0.15, 0.2) is 53.1 Å². The van der Waals surface area contributed by atoms with E-state index >= 15 is 0 Å². The fraction of sp³-hybridized carbons (Fsp3) is 0.286. The lowest BCUT2D eigenvalue weighted by molar-refractivity contribution is -0.128. The summed E-state index contributed by atoms with van der Waals surface area (Å²) in [6.07, 6.45) is 0.388. The Balaban J connectivity index is 1.46. The lowest BCUT2D eigenvalue weighted by Crippen LogP contribution is -2.24. The molecule has 0 radical (unpaired) electrons. The fourth-order valence-corrected chi connectivity index (χ4v) is 3.59. The molecule has 0 aliphatic carbocycles. The number of carbonyl (C=O) groups is 1. The van der Waals surface area contributed by atoms with Crippen molar-refractivity contribution in [3.63, 3.8) is 0 Å². The fourth-order valence-electron chi connectivity index (χ4n) is 3.37. The van der Waals surface area contributed by atoms with E-state index in [4.69, 9.17) is 16.1 Å². The second-order valence-electron chi connectivity index (χ2n) is 7.20. The highest BCUT2D eigenvalue weighted by atomic mass is 35.5. The Morgan fingerprint density at radius 3 is 2.71 bits per heavy atom. The Labute approximate surface area is 168 Å². The Hall–Kier alpha value is -2.86. The van der Waals surface area contributed by atoms with Gasteiger partial charge in [0.05, 0.1) is 0 Å². The molecule has 0 saturated carbocycles. The van der Waals surface area contributed by atoms with Crippen molar-refractivity contribution in [2.45, 2.75) is 18.9 Å². The van der Waals surface area contributed by atoms with E-state index in [1.165, 1.54) is 0 Å². The van der Waals surface area contributed by atoms with Gasteiger partial charge in [0.25, 0.3) is 5.89 Å². The van der Waals surface area contributed by atoms with Crippen LogP contribution in [0.4, 0.5) is 5.69 Å². The van der Waals surface area contributed by atoms with Crippen molar-refractivity contribution in [2.24, 2.45) is 0 Å². The number of benzene rings is 2. The molecule has 1 unspecified atom stereocenters. The van der Waals surface area contributed by atoms with Gasteiger partial charge in [0.15, 0.2) is 5.82 Å². The molecular formula is C21H21ClN4O2. The van der Waals surface area contributed by atoms with E-state index in [-0.39, 0.29) is 11.8 Å². The zero-order chi connectivity index (χ0) is 19.7. The molecule has 1 fully saturated rings. The molecule has 2 aromatic carbocycles. The zero-order valence-electron chi connectivity index (χ0n) is 15.8. The molecule has 7 heteroatoms. The first-order valence-electron chi connectivity index (χ1n) is 9.13. The van der Waals surface area contributed by atoms with Crippen molar-refractivity contribution in [2.75, 3.05) is 25.5 Å². The zero-order valence-corrected chi connectivity index (χ0v) is 16.6. The van der Waals surface area contributed by atoms with Crippen LogP contribution in [0.2, 0.25) is 5.02 Å². The number of halogens is 1. The normalized spacial score (nSPS) is 16.6. The number of aromatic nitrogens is 2. The van der Waals surface area contributed by atoms with Crippen LogP contribution in [0.25, 0.3) is 11.5 Å². The van der Waals surface area contributed by atoms with Gasteiger partial charge in [-0.1, -0.05) is 28.9 Å². The maximum atomic E-state index is 12.4. The van der Waals surface area contributed by atoms with E-state index in [0.29, 0.717) is 36.2 Å². The van der Waals surface area contributed by atoms with E-state index < -0.39 is 0 Å². The molecule has 6 nitrogen and oxygen atoms in total. The predicted molar refractivity (Wildman–Crippen MR) is 108 cm³/mol. The van der Waals surface area contributed by atoms with Gasteiger partial charge in [-0.25, -0.2) is 0 Å². The van der Waals surface area contributed by atoms with Crippen LogP contribution in [0.1, 0.15) is 23.7 Å². The van der Waals surface area contributed by atoms with Gasteiger partial charge >= 0.3 is 0 Å². The number of likely N-dealkylation sites (tertiary alicyclic amines) is 1. The molecule has 3 aromatic rings. The summed E-state index contributed by atoms with van der Waals surface area (Å²) < 4.78 is 5.45. The topological polar surface area (TPSA) is 62.5 Å². The minimum absolute atomic E-state index is 0.0646. The number of amides is 1. The Bertz CT molecular complexity index is 984. The standard InChI is InChI=1S/C21H21ClN4O2/c1-25(2)18-8-6-15(7-9-18)21-23-20(24-28-21)16-11-19(27)26(13-16)12-14-4-3-5-17(22)10-14/h3-10,16H,11-13H2,1-2H3. The Morgan fingerprint density at radius 1 is 1.21 bits per heavy atom. The molecule has 0 spiro atoms. The van der Waals surface area contributed by atoms with Crippen LogP contribution in [0, 0.1) is 0 Å². The molecule has 1 atom stereocenters. The van der Waals surface area contributed by atoms with Crippen LogP contribution in [-0.4, -0.2) is 41.6 Å². The third kappa shape index (κ3) is 3.87. The van der Waals surface area contributed by atoms with Gasteiger partial charge in [0.2, 0.25) is 5.91 Å². The lowest BCUT2D eigenvalue weighted by Gasteiger charge is -2.16. The van der Waals surface area contributed by atoms with Crippen molar-refractivity contribution >= 4 is 23.2 Å². The smallest absolute Gasteiger partial charge is 0.257 e. The van der Waals surface area contributed by atoms with Gasteiger partial charge < -0.3 is 14.3 Å². The van der Waals surface area contributed by atoms with Gasteiger partial charge in [0.1, 0.15) is 0 Å². The molecule has 2 heterocycles. The largest absolute Gasteiger partial charge is 0.378 e. The number of hydrogen-bond acceptors (Lipinski definition) is 5. The SMILES string of the molecule is CN(C)c1ccc(-c2nc(C3CC(=O)N(Cc4cccc(Cl)c4)C3)no2)cc1. The first kappa shape index (κ1) is 18.5. The van der Waals surface area contributed by atoms with Crippen molar-refractivity contribution in [3.8, 4) is 11.5 Å². The first-order chi connectivity index (χ1) is 13.5. The van der Waals surface area contributed by atoms with E-state index in [1.54, 1.807) is 0 Å². The summed E-state index contributed by atoms with van der Waals surface area (Å²) in [5.74, 6) is 1.08. The van der Waals surface area contributed by atoms with E-state index in [1.807, 2.05) is 72.4 Å². The van der Waals surface area contributed by atoms with Crippen LogP contribution < -0.4 is 4.90 Å². The van der Waals surface area contributed by atoms with E-state index in [2.05, 4.69) is 10.1 Å². The van der Waals surface area contributed by atoms with Crippen LogP contribution >= 0.6 is 11.6 Å². The summed E-state index contributed by atoms with van der Waals surface area (Å²) in [4.78, 5) is 20.8. The van der Waals surface area contributed by atoms with Gasteiger partial charge in [-0.3, -0.25) is 4.79 Å². The highest BCUT2D eigenvalue weighted by Crippen LogP contribution is 2.30. The minimum Gasteiger partial charge on any atom is -0.378 e. The van der Waals surface area contributed by atoms with Gasteiger partial charge in [-0.15, -0.1) is 0 Å². The molecule has 144 valence electrons. The lowest BCUT2D eigenvalue weighted by atomic mass is 10.1. The number of hydrogen-bond donors (Lipinski definition) is 0. The number of rotatable bonds is 5. The maximum Gasteiger partial charge on any atom is 0.257 e. The quantitative estimate of drug-likeness (QED) is 0.653. The molecule has 0 N–H and O–H groups in total. The van der Waals surface area contributed by atoms with E-state index in [0.717, 1.165) is 16.8 Å². The van der Waals surface area contributed by atoms with Crippen LogP contribution in [0.3, 0.4) is 0 Å². The molecule has 1 aliphatic rings. The number of anilines is 1. The maximum absolute atomic E-state index is 12.4. The van der Waals surface area contributed by atoms with Crippen LogP contribution in [-0.2, 0) is 11.3 Å². The third-order valence-electron chi connectivity index (χ3n) is 4.91. The molecule has 1 aromatic heterocycles. The monoisotopic (exact) mass is 396 g/mol. The minimum atomic E-state index is -0.0646. The van der Waals surface area contributed by atoms with Crippen LogP contribution in [0.5, 0.6) is 0 Å². The summed E-state index contributed by atoms with van der Waals surface area (Å²) >= 11 is 6.04. The first-order valence-corrected chi connectivity index (χ1v) is 9.51. The summed E-state index contributed by atoms with van der Waals surface area (Å²) in [6, 6.07) is 15.5. The second-order valence-corrected chi connectivity index (χ2v) is 7.64. The van der Waals surface area contributed by atoms with Crippen molar-refractivity contribution < 1.29 is 9.32 Å². The molecule has 1 saturated heterocycles. The van der Waals surface area contributed by atoms with E-state index in [9.17, 15) is 4.79 Å². The van der Waals surface area contributed by atoms with Gasteiger partial charge in [0, 0.05) is 55.8 Å². The van der Waals surface area contributed by atoms with Gasteiger partial charge in [-0.2, -0.15) is 4.98 Å². The predicted octanol–water partition coefficient (Wildman–Crippen LogP) is 3.97. The average molecular weight is 397 g/mol. The molecule has 1 amide bonds. The molecule has 4 rings (SSSR count). The van der Waals surface area contributed by atoms with Crippen molar-refractivity contribution in [3.05, 3.63) is 64.9 Å². The second kappa shape index (κ2) is 7.64. The van der Waals surface area contributed by atoms with Crippen molar-refractivity contribution in [1.29, 1.82) is 0 Å². The summed E-state index contributed by atoms with van der Waals surface area (Å²) in [5.41, 5.74) is 2.97. The third-order valence-corrected chi connectivity index (χ3v) is 5.15.